The lowest BCUT2D eigenvalue weighted by Gasteiger charge is -2.03. The number of unbranched alkanes of at least 4 members (excludes halogenated alkanes) is 12. The van der Waals surface area contributed by atoms with Gasteiger partial charge in [-0.25, -0.2) is 0 Å². The van der Waals surface area contributed by atoms with Gasteiger partial charge >= 0.3 is 8.60 Å². The van der Waals surface area contributed by atoms with Gasteiger partial charge in [0.05, 0.1) is 6.61 Å². The van der Waals surface area contributed by atoms with Gasteiger partial charge in [-0.2, -0.15) is 0 Å². The van der Waals surface area contributed by atoms with Crippen LogP contribution in [0.1, 0.15) is 96.8 Å². The van der Waals surface area contributed by atoms with Crippen LogP contribution in [0.3, 0.4) is 0 Å². The molecule has 0 rings (SSSR count). The SMILES string of the molecule is CCCCCCCC/C=C/CCCCCCCCOP(O)O. The van der Waals surface area contributed by atoms with Gasteiger partial charge in [0.15, 0.2) is 0 Å². The first-order chi connectivity index (χ1) is 10.8. The fourth-order valence-corrected chi connectivity index (χ4v) is 2.79. The number of allylic oxidation sites excluding steroid dienone is 2. The maximum atomic E-state index is 8.57. The average Bonchev–Trinajstić information content (AvgIpc) is 2.50. The highest BCUT2D eigenvalue weighted by molar-refractivity contribution is 7.39. The summed E-state index contributed by atoms with van der Waals surface area (Å²) < 4.78 is 4.73. The first-order valence-corrected chi connectivity index (χ1v) is 10.4. The summed E-state index contributed by atoms with van der Waals surface area (Å²) in [5.41, 5.74) is 0. The van der Waals surface area contributed by atoms with E-state index in [1.54, 1.807) is 0 Å². The molecule has 0 heterocycles. The van der Waals surface area contributed by atoms with Gasteiger partial charge in [-0.15, -0.1) is 0 Å². The minimum atomic E-state index is -2.15. The van der Waals surface area contributed by atoms with Gasteiger partial charge in [0.1, 0.15) is 0 Å². The molecule has 0 amide bonds. The highest BCUT2D eigenvalue weighted by Gasteiger charge is 1.97. The van der Waals surface area contributed by atoms with Crippen molar-refractivity contribution in [2.45, 2.75) is 96.8 Å². The van der Waals surface area contributed by atoms with Crippen LogP contribution in [0, 0.1) is 0 Å². The van der Waals surface area contributed by atoms with Crippen molar-refractivity contribution in [1.82, 2.24) is 0 Å². The van der Waals surface area contributed by atoms with Crippen LogP contribution in [-0.2, 0) is 4.52 Å². The normalized spacial score (nSPS) is 11.8. The number of hydrogen-bond acceptors (Lipinski definition) is 3. The van der Waals surface area contributed by atoms with E-state index in [0.29, 0.717) is 6.61 Å². The summed E-state index contributed by atoms with van der Waals surface area (Å²) in [6, 6.07) is 0. The van der Waals surface area contributed by atoms with Crippen molar-refractivity contribution in [2.24, 2.45) is 0 Å². The van der Waals surface area contributed by atoms with Crippen molar-refractivity contribution in [3.63, 3.8) is 0 Å². The van der Waals surface area contributed by atoms with Crippen molar-refractivity contribution >= 4 is 8.60 Å². The lowest BCUT2D eigenvalue weighted by Crippen LogP contribution is -1.89. The van der Waals surface area contributed by atoms with Gasteiger partial charge in [0, 0.05) is 0 Å². The molecule has 0 spiro atoms. The molecular formula is C18H37O3P. The van der Waals surface area contributed by atoms with E-state index < -0.39 is 8.60 Å². The highest BCUT2D eigenvalue weighted by Crippen LogP contribution is 2.24. The standard InChI is InChI=1S/C18H37O3P/c1-2-3-4-5-6-7-8-9-10-11-12-13-14-15-16-17-18-21-22(19)20/h9-10,19-20H,2-8,11-18H2,1H3/b10-9+. The van der Waals surface area contributed by atoms with Crippen LogP contribution in [0.4, 0.5) is 0 Å². The summed E-state index contributed by atoms with van der Waals surface area (Å²) in [6.45, 7) is 2.74. The Balaban J connectivity index is 3.05. The topological polar surface area (TPSA) is 49.7 Å². The molecule has 132 valence electrons. The van der Waals surface area contributed by atoms with E-state index in [1.165, 1.54) is 77.0 Å². The molecular weight excluding hydrogens is 295 g/mol. The summed E-state index contributed by atoms with van der Waals surface area (Å²) >= 11 is 0. The van der Waals surface area contributed by atoms with Gasteiger partial charge in [0.2, 0.25) is 0 Å². The fraction of sp³-hybridized carbons (Fsp3) is 0.889. The molecule has 2 N–H and O–H groups in total. The second-order valence-corrected chi connectivity index (χ2v) is 6.79. The highest BCUT2D eigenvalue weighted by atomic mass is 31.2. The average molecular weight is 332 g/mol. The Labute approximate surface area is 139 Å². The molecule has 0 saturated carbocycles. The molecule has 0 unspecified atom stereocenters. The van der Waals surface area contributed by atoms with E-state index in [2.05, 4.69) is 19.1 Å². The smallest absolute Gasteiger partial charge is 0.327 e. The summed E-state index contributed by atoms with van der Waals surface area (Å²) in [5, 5.41) is 0. The quantitative estimate of drug-likeness (QED) is 0.188. The Hall–Kier alpha value is 0.0500. The van der Waals surface area contributed by atoms with E-state index in [-0.39, 0.29) is 0 Å². The second kappa shape index (κ2) is 19.1. The predicted octanol–water partition coefficient (Wildman–Crippen LogP) is 6.25. The Kier molecular flexibility index (Phi) is 19.1. The number of hydrogen-bond donors (Lipinski definition) is 2. The van der Waals surface area contributed by atoms with Gasteiger partial charge in [0.25, 0.3) is 0 Å². The molecule has 0 aliphatic heterocycles. The van der Waals surface area contributed by atoms with Crippen LogP contribution < -0.4 is 0 Å². The Morgan fingerprint density at radius 3 is 1.64 bits per heavy atom. The molecule has 0 radical (unpaired) electrons. The molecule has 3 nitrogen and oxygen atoms in total. The molecule has 0 aliphatic rings. The molecule has 0 aromatic carbocycles. The summed E-state index contributed by atoms with van der Waals surface area (Å²) in [7, 11) is -2.15. The Morgan fingerprint density at radius 1 is 0.682 bits per heavy atom. The van der Waals surface area contributed by atoms with Gasteiger partial charge < -0.3 is 14.3 Å². The number of rotatable bonds is 17. The summed E-state index contributed by atoms with van der Waals surface area (Å²) in [4.78, 5) is 17.1. The van der Waals surface area contributed by atoms with Gasteiger partial charge in [-0.3, -0.25) is 0 Å². The van der Waals surface area contributed by atoms with E-state index in [0.717, 1.165) is 12.8 Å². The van der Waals surface area contributed by atoms with Crippen molar-refractivity contribution in [2.75, 3.05) is 6.61 Å². The lowest BCUT2D eigenvalue weighted by molar-refractivity contribution is 0.248. The van der Waals surface area contributed by atoms with Crippen LogP contribution in [0.15, 0.2) is 12.2 Å². The largest absolute Gasteiger partial charge is 0.328 e. The lowest BCUT2D eigenvalue weighted by atomic mass is 10.1. The third kappa shape index (κ3) is 20.1. The fourth-order valence-electron chi connectivity index (χ4n) is 2.50. The van der Waals surface area contributed by atoms with Crippen LogP contribution >= 0.6 is 8.60 Å². The van der Waals surface area contributed by atoms with Crippen LogP contribution in [-0.4, -0.2) is 16.4 Å². The van der Waals surface area contributed by atoms with Crippen molar-refractivity contribution in [3.8, 4) is 0 Å². The molecule has 0 aromatic rings. The molecule has 0 fully saturated rings. The maximum absolute atomic E-state index is 8.57. The van der Waals surface area contributed by atoms with E-state index in [4.69, 9.17) is 14.3 Å². The molecule has 0 aromatic heterocycles. The van der Waals surface area contributed by atoms with Crippen molar-refractivity contribution in [1.29, 1.82) is 0 Å². The third-order valence-corrected chi connectivity index (χ3v) is 4.28. The predicted molar refractivity (Wildman–Crippen MR) is 96.8 cm³/mol. The Morgan fingerprint density at radius 2 is 1.14 bits per heavy atom. The van der Waals surface area contributed by atoms with Crippen LogP contribution in [0.5, 0.6) is 0 Å². The first-order valence-electron chi connectivity index (χ1n) is 9.23. The molecule has 0 atom stereocenters. The molecule has 0 aliphatic carbocycles. The van der Waals surface area contributed by atoms with Crippen LogP contribution in [0.2, 0.25) is 0 Å². The van der Waals surface area contributed by atoms with E-state index in [1.807, 2.05) is 0 Å². The van der Waals surface area contributed by atoms with Gasteiger partial charge in [-0.1, -0.05) is 76.9 Å². The van der Waals surface area contributed by atoms with Crippen LogP contribution in [0.25, 0.3) is 0 Å². The monoisotopic (exact) mass is 332 g/mol. The zero-order chi connectivity index (χ0) is 16.3. The van der Waals surface area contributed by atoms with Gasteiger partial charge in [-0.05, 0) is 32.1 Å². The van der Waals surface area contributed by atoms with E-state index in [9.17, 15) is 0 Å². The zero-order valence-corrected chi connectivity index (χ0v) is 15.4. The molecule has 22 heavy (non-hydrogen) atoms. The zero-order valence-electron chi connectivity index (χ0n) is 14.5. The summed E-state index contributed by atoms with van der Waals surface area (Å²) in [5.74, 6) is 0. The molecule has 0 saturated heterocycles. The minimum absolute atomic E-state index is 0.472. The van der Waals surface area contributed by atoms with Crippen molar-refractivity contribution in [3.05, 3.63) is 12.2 Å². The summed E-state index contributed by atoms with van der Waals surface area (Å²) in [6.07, 6.45) is 22.6. The second-order valence-electron chi connectivity index (χ2n) is 6.02. The maximum Gasteiger partial charge on any atom is 0.327 e. The minimum Gasteiger partial charge on any atom is -0.328 e. The Bertz CT molecular complexity index is 232. The third-order valence-electron chi connectivity index (χ3n) is 3.86. The molecule has 0 bridgehead atoms. The van der Waals surface area contributed by atoms with E-state index >= 15 is 0 Å². The first kappa shape index (κ1) is 22.1. The molecule has 4 heteroatoms. The van der Waals surface area contributed by atoms with Crippen molar-refractivity contribution < 1.29 is 14.3 Å².